The molecule has 0 spiro atoms. The van der Waals surface area contributed by atoms with Crippen LogP contribution in [0.15, 0.2) is 24.3 Å². The fourth-order valence-corrected chi connectivity index (χ4v) is 2.16. The number of nitrogens with zero attached hydrogens (tertiary/aromatic N) is 2. The van der Waals surface area contributed by atoms with Crippen LogP contribution in [-0.2, 0) is 4.79 Å². The summed E-state index contributed by atoms with van der Waals surface area (Å²) >= 11 is 0. The van der Waals surface area contributed by atoms with Crippen molar-refractivity contribution < 1.29 is 9.90 Å². The van der Waals surface area contributed by atoms with Crippen molar-refractivity contribution in [3.8, 4) is 0 Å². The Kier molecular flexibility index (Phi) is 6.52. The molecular weight excluding hydrogens is 252 g/mol. The first-order valence-corrected chi connectivity index (χ1v) is 7.30. The number of benzene rings is 1. The van der Waals surface area contributed by atoms with Crippen molar-refractivity contribution in [1.82, 2.24) is 4.90 Å². The zero-order valence-electron chi connectivity index (χ0n) is 13.0. The Morgan fingerprint density at radius 3 is 2.15 bits per heavy atom. The first kappa shape index (κ1) is 16.5. The summed E-state index contributed by atoms with van der Waals surface area (Å²) in [5.74, 6) is 0.134. The summed E-state index contributed by atoms with van der Waals surface area (Å²) < 4.78 is 0. The molecule has 0 saturated carbocycles. The maximum Gasteiger partial charge on any atom is 0.242 e. The molecule has 0 aliphatic heterocycles. The molecule has 4 heteroatoms. The van der Waals surface area contributed by atoms with E-state index in [1.54, 1.807) is 0 Å². The quantitative estimate of drug-likeness (QED) is 0.833. The predicted molar refractivity (Wildman–Crippen MR) is 82.9 cm³/mol. The van der Waals surface area contributed by atoms with Gasteiger partial charge in [0, 0.05) is 25.8 Å². The van der Waals surface area contributed by atoms with Crippen LogP contribution in [0.5, 0.6) is 0 Å². The van der Waals surface area contributed by atoms with E-state index >= 15 is 0 Å². The molecule has 1 unspecified atom stereocenters. The Balaban J connectivity index is 2.68. The molecule has 112 valence electrons. The van der Waals surface area contributed by atoms with Crippen LogP contribution < -0.4 is 4.90 Å². The van der Waals surface area contributed by atoms with Crippen molar-refractivity contribution >= 4 is 11.6 Å². The number of aliphatic hydroxyl groups is 1. The molecule has 0 aliphatic carbocycles. The average Bonchev–Trinajstić information content (AvgIpc) is 2.47. The molecule has 1 aromatic carbocycles. The standard InChI is InChI=1S/C16H26N2O2/c1-5-15(19)13-8-10-14(11-9-13)17(4)12-16(20)18(6-2)7-3/h8-11,15,19H,5-7,12H2,1-4H3. The zero-order valence-corrected chi connectivity index (χ0v) is 13.0. The largest absolute Gasteiger partial charge is 0.388 e. The molecule has 0 aromatic heterocycles. The lowest BCUT2D eigenvalue weighted by Crippen LogP contribution is -2.38. The van der Waals surface area contributed by atoms with E-state index in [1.807, 2.05) is 61.9 Å². The van der Waals surface area contributed by atoms with Crippen LogP contribution in [0.4, 0.5) is 5.69 Å². The minimum Gasteiger partial charge on any atom is -0.388 e. The molecule has 0 bridgehead atoms. The zero-order chi connectivity index (χ0) is 15.1. The Morgan fingerprint density at radius 2 is 1.70 bits per heavy atom. The van der Waals surface area contributed by atoms with E-state index in [1.165, 1.54) is 0 Å². The van der Waals surface area contributed by atoms with Gasteiger partial charge in [-0.3, -0.25) is 4.79 Å². The van der Waals surface area contributed by atoms with Crippen LogP contribution in [0.2, 0.25) is 0 Å². The number of carbonyl (C=O) groups excluding carboxylic acids is 1. The van der Waals surface area contributed by atoms with E-state index in [0.717, 1.165) is 24.3 Å². The second-order valence-electron chi connectivity index (χ2n) is 4.94. The molecule has 0 saturated heterocycles. The number of carbonyl (C=O) groups is 1. The number of hydrogen-bond acceptors (Lipinski definition) is 3. The molecule has 0 radical (unpaired) electrons. The number of amides is 1. The van der Waals surface area contributed by atoms with Crippen molar-refractivity contribution in [2.24, 2.45) is 0 Å². The molecule has 0 fully saturated rings. The third kappa shape index (κ3) is 4.23. The number of anilines is 1. The van der Waals surface area contributed by atoms with Gasteiger partial charge in [-0.2, -0.15) is 0 Å². The van der Waals surface area contributed by atoms with Gasteiger partial charge in [0.05, 0.1) is 12.6 Å². The van der Waals surface area contributed by atoms with E-state index in [9.17, 15) is 9.90 Å². The van der Waals surface area contributed by atoms with Gasteiger partial charge in [-0.05, 0) is 38.0 Å². The molecule has 1 aromatic rings. The molecular formula is C16H26N2O2. The van der Waals surface area contributed by atoms with Gasteiger partial charge in [-0.1, -0.05) is 19.1 Å². The van der Waals surface area contributed by atoms with Gasteiger partial charge in [0.25, 0.3) is 0 Å². The second-order valence-corrected chi connectivity index (χ2v) is 4.94. The lowest BCUT2D eigenvalue weighted by Gasteiger charge is -2.24. The fraction of sp³-hybridized carbons (Fsp3) is 0.562. The Bertz CT molecular complexity index is 413. The van der Waals surface area contributed by atoms with Gasteiger partial charge in [-0.25, -0.2) is 0 Å². The van der Waals surface area contributed by atoms with Gasteiger partial charge in [0.1, 0.15) is 0 Å². The van der Waals surface area contributed by atoms with Crippen LogP contribution in [0.1, 0.15) is 38.9 Å². The summed E-state index contributed by atoms with van der Waals surface area (Å²) in [5, 5.41) is 9.77. The molecule has 0 aliphatic rings. The number of aliphatic hydroxyl groups excluding tert-OH is 1. The van der Waals surface area contributed by atoms with E-state index in [0.29, 0.717) is 13.0 Å². The van der Waals surface area contributed by atoms with E-state index in [-0.39, 0.29) is 5.91 Å². The van der Waals surface area contributed by atoms with Gasteiger partial charge in [0.15, 0.2) is 0 Å². The van der Waals surface area contributed by atoms with Gasteiger partial charge in [0.2, 0.25) is 5.91 Å². The van der Waals surface area contributed by atoms with Crippen LogP contribution in [0.25, 0.3) is 0 Å². The average molecular weight is 278 g/mol. The van der Waals surface area contributed by atoms with Crippen LogP contribution >= 0.6 is 0 Å². The Labute approximate surface area is 122 Å². The van der Waals surface area contributed by atoms with Gasteiger partial charge < -0.3 is 14.9 Å². The molecule has 1 rings (SSSR count). The van der Waals surface area contributed by atoms with Crippen molar-refractivity contribution in [2.75, 3.05) is 31.6 Å². The van der Waals surface area contributed by atoms with Crippen LogP contribution in [0, 0.1) is 0 Å². The lowest BCUT2D eigenvalue weighted by atomic mass is 10.1. The van der Waals surface area contributed by atoms with Crippen molar-refractivity contribution in [2.45, 2.75) is 33.3 Å². The summed E-state index contributed by atoms with van der Waals surface area (Å²) in [5.41, 5.74) is 1.90. The van der Waals surface area contributed by atoms with Crippen LogP contribution in [0.3, 0.4) is 0 Å². The first-order valence-electron chi connectivity index (χ1n) is 7.30. The Morgan fingerprint density at radius 1 is 1.15 bits per heavy atom. The molecule has 20 heavy (non-hydrogen) atoms. The molecule has 1 atom stereocenters. The van der Waals surface area contributed by atoms with Gasteiger partial charge >= 0.3 is 0 Å². The summed E-state index contributed by atoms with van der Waals surface area (Å²) in [6.07, 6.45) is 0.294. The maximum absolute atomic E-state index is 12.1. The molecule has 4 nitrogen and oxygen atoms in total. The lowest BCUT2D eigenvalue weighted by molar-refractivity contribution is -0.129. The summed E-state index contributed by atoms with van der Waals surface area (Å²) in [6.45, 7) is 7.78. The normalized spacial score (nSPS) is 12.1. The number of rotatable bonds is 7. The minimum atomic E-state index is -0.410. The summed E-state index contributed by atoms with van der Waals surface area (Å²) in [6, 6.07) is 7.73. The third-order valence-corrected chi connectivity index (χ3v) is 3.59. The maximum atomic E-state index is 12.1. The van der Waals surface area contributed by atoms with Crippen LogP contribution in [-0.4, -0.2) is 42.6 Å². The number of likely N-dealkylation sites (N-methyl/N-ethyl adjacent to an activating group) is 2. The summed E-state index contributed by atoms with van der Waals surface area (Å²) in [7, 11) is 1.91. The highest BCUT2D eigenvalue weighted by atomic mass is 16.3. The van der Waals surface area contributed by atoms with Crippen molar-refractivity contribution in [3.05, 3.63) is 29.8 Å². The SMILES string of the molecule is CCC(O)c1ccc(N(C)CC(=O)N(CC)CC)cc1. The van der Waals surface area contributed by atoms with E-state index in [4.69, 9.17) is 0 Å². The summed E-state index contributed by atoms with van der Waals surface area (Å²) in [4.78, 5) is 15.8. The highest BCUT2D eigenvalue weighted by Crippen LogP contribution is 2.20. The van der Waals surface area contributed by atoms with E-state index < -0.39 is 6.10 Å². The predicted octanol–water partition coefficient (Wildman–Crippen LogP) is 2.43. The van der Waals surface area contributed by atoms with Crippen molar-refractivity contribution in [1.29, 1.82) is 0 Å². The second kappa shape index (κ2) is 7.90. The third-order valence-electron chi connectivity index (χ3n) is 3.59. The highest BCUT2D eigenvalue weighted by Gasteiger charge is 2.13. The monoisotopic (exact) mass is 278 g/mol. The first-order chi connectivity index (χ1) is 9.53. The molecule has 1 amide bonds. The smallest absolute Gasteiger partial charge is 0.242 e. The topological polar surface area (TPSA) is 43.8 Å². The van der Waals surface area contributed by atoms with Crippen molar-refractivity contribution in [3.63, 3.8) is 0 Å². The van der Waals surface area contributed by atoms with E-state index in [2.05, 4.69) is 0 Å². The minimum absolute atomic E-state index is 0.134. The Hall–Kier alpha value is -1.55. The highest BCUT2D eigenvalue weighted by molar-refractivity contribution is 5.81. The number of hydrogen-bond donors (Lipinski definition) is 1. The van der Waals surface area contributed by atoms with Gasteiger partial charge in [-0.15, -0.1) is 0 Å². The molecule has 0 heterocycles. The fourth-order valence-electron chi connectivity index (χ4n) is 2.16. The molecule has 1 N–H and O–H groups in total.